The minimum absolute atomic E-state index is 0.0917. The summed E-state index contributed by atoms with van der Waals surface area (Å²) in [6, 6.07) is 18.3. The molecule has 2 aromatic rings. The smallest absolute Gasteiger partial charge is 0.330 e. The Morgan fingerprint density at radius 2 is 1.62 bits per heavy atom. The van der Waals surface area contributed by atoms with Gasteiger partial charge in [-0.2, -0.15) is 0 Å². The van der Waals surface area contributed by atoms with Crippen molar-refractivity contribution in [1.82, 2.24) is 0 Å². The molecule has 21 heavy (non-hydrogen) atoms. The largest absolute Gasteiger partial charge is 0.478 e. The monoisotopic (exact) mass is 278 g/mol. The maximum Gasteiger partial charge on any atom is 0.330 e. The zero-order valence-electron chi connectivity index (χ0n) is 12.0. The van der Waals surface area contributed by atoms with Crippen LogP contribution in [-0.4, -0.2) is 11.1 Å². The predicted molar refractivity (Wildman–Crippen MR) is 86.2 cm³/mol. The van der Waals surface area contributed by atoms with E-state index in [1.807, 2.05) is 42.5 Å². The summed E-state index contributed by atoms with van der Waals surface area (Å²) in [5, 5.41) is 8.96. The Bertz CT molecular complexity index is 652. The van der Waals surface area contributed by atoms with Crippen LogP contribution in [0, 0.1) is 0 Å². The third kappa shape index (κ3) is 3.69. The fourth-order valence-corrected chi connectivity index (χ4v) is 2.17. The molecule has 2 aromatic carbocycles. The van der Waals surface area contributed by atoms with Crippen molar-refractivity contribution < 1.29 is 9.90 Å². The first-order chi connectivity index (χ1) is 10.1. The van der Waals surface area contributed by atoms with Crippen molar-refractivity contribution >= 4 is 5.97 Å². The molecular formula is C19H18O2. The van der Waals surface area contributed by atoms with E-state index in [4.69, 9.17) is 5.11 Å². The standard InChI is InChI=1S/C19H18O2/c1-3-15(13-14(2)19(20)21)17-9-11-18(12-10-17)16-7-5-4-6-8-16/h3-13,15H,1H2,2H3,(H,20,21). The van der Waals surface area contributed by atoms with E-state index in [1.54, 1.807) is 19.1 Å². The fraction of sp³-hybridized carbons (Fsp3) is 0.105. The van der Waals surface area contributed by atoms with Crippen LogP contribution in [0.15, 0.2) is 78.9 Å². The van der Waals surface area contributed by atoms with Crippen LogP contribution in [0.1, 0.15) is 18.4 Å². The zero-order chi connectivity index (χ0) is 15.2. The third-order valence-electron chi connectivity index (χ3n) is 3.42. The predicted octanol–water partition coefficient (Wildman–Crippen LogP) is 4.65. The minimum Gasteiger partial charge on any atom is -0.478 e. The molecule has 0 amide bonds. The maximum absolute atomic E-state index is 10.9. The number of carboxylic acids is 1. The highest BCUT2D eigenvalue weighted by Gasteiger charge is 2.08. The summed E-state index contributed by atoms with van der Waals surface area (Å²) in [6.07, 6.45) is 3.47. The van der Waals surface area contributed by atoms with Gasteiger partial charge in [0.15, 0.2) is 0 Å². The molecule has 1 unspecified atom stereocenters. The Balaban J connectivity index is 2.27. The second kappa shape index (κ2) is 6.71. The van der Waals surface area contributed by atoms with Gasteiger partial charge < -0.3 is 5.11 Å². The van der Waals surface area contributed by atoms with Crippen LogP contribution in [-0.2, 0) is 4.79 Å². The summed E-state index contributed by atoms with van der Waals surface area (Å²) in [4.78, 5) is 10.9. The van der Waals surface area contributed by atoms with Gasteiger partial charge in [0.2, 0.25) is 0 Å². The van der Waals surface area contributed by atoms with Gasteiger partial charge in [-0.15, -0.1) is 6.58 Å². The van der Waals surface area contributed by atoms with Crippen molar-refractivity contribution in [3.8, 4) is 11.1 Å². The molecule has 0 saturated heterocycles. The normalized spacial score (nSPS) is 12.7. The summed E-state index contributed by atoms with van der Waals surface area (Å²) in [6.45, 7) is 5.39. The highest BCUT2D eigenvalue weighted by atomic mass is 16.4. The summed E-state index contributed by atoms with van der Waals surface area (Å²) in [5.41, 5.74) is 3.66. The maximum atomic E-state index is 10.9. The van der Waals surface area contributed by atoms with Crippen LogP contribution in [0.4, 0.5) is 0 Å². The number of rotatable bonds is 5. The van der Waals surface area contributed by atoms with Gasteiger partial charge in [0.05, 0.1) is 0 Å². The van der Waals surface area contributed by atoms with E-state index in [0.717, 1.165) is 16.7 Å². The second-order valence-corrected chi connectivity index (χ2v) is 4.90. The molecule has 0 aliphatic heterocycles. The Hall–Kier alpha value is -2.61. The quantitative estimate of drug-likeness (QED) is 0.638. The van der Waals surface area contributed by atoms with E-state index < -0.39 is 5.97 Å². The molecule has 1 atom stereocenters. The van der Waals surface area contributed by atoms with Gasteiger partial charge >= 0.3 is 5.97 Å². The minimum atomic E-state index is -0.900. The van der Waals surface area contributed by atoms with Crippen molar-refractivity contribution in [2.24, 2.45) is 0 Å². The van der Waals surface area contributed by atoms with Crippen molar-refractivity contribution in [3.63, 3.8) is 0 Å². The van der Waals surface area contributed by atoms with Crippen LogP contribution in [0.25, 0.3) is 11.1 Å². The fourth-order valence-electron chi connectivity index (χ4n) is 2.17. The van der Waals surface area contributed by atoms with Crippen LogP contribution in [0.5, 0.6) is 0 Å². The van der Waals surface area contributed by atoms with Gasteiger partial charge in [0.1, 0.15) is 0 Å². The zero-order valence-corrected chi connectivity index (χ0v) is 12.0. The molecule has 0 aromatic heterocycles. The number of benzene rings is 2. The van der Waals surface area contributed by atoms with E-state index in [-0.39, 0.29) is 5.92 Å². The lowest BCUT2D eigenvalue weighted by Crippen LogP contribution is -1.99. The molecule has 0 saturated carbocycles. The number of hydrogen-bond donors (Lipinski definition) is 1. The lowest BCUT2D eigenvalue weighted by atomic mass is 9.94. The van der Waals surface area contributed by atoms with Gasteiger partial charge in [-0.1, -0.05) is 66.7 Å². The van der Waals surface area contributed by atoms with E-state index >= 15 is 0 Å². The van der Waals surface area contributed by atoms with Crippen LogP contribution in [0.3, 0.4) is 0 Å². The molecule has 0 aliphatic carbocycles. The molecule has 1 N–H and O–H groups in total. The van der Waals surface area contributed by atoms with Gasteiger partial charge in [-0.25, -0.2) is 4.79 Å². The first kappa shape index (κ1) is 14.8. The number of carboxylic acid groups (broad SMARTS) is 1. The molecular weight excluding hydrogens is 260 g/mol. The Morgan fingerprint density at radius 3 is 2.14 bits per heavy atom. The van der Waals surface area contributed by atoms with E-state index in [2.05, 4.69) is 18.7 Å². The first-order valence-electron chi connectivity index (χ1n) is 6.81. The Labute approximate surface area is 125 Å². The summed E-state index contributed by atoms with van der Waals surface area (Å²) >= 11 is 0. The van der Waals surface area contributed by atoms with Crippen LogP contribution >= 0.6 is 0 Å². The third-order valence-corrected chi connectivity index (χ3v) is 3.42. The molecule has 0 heterocycles. The number of aliphatic carboxylic acids is 1. The van der Waals surface area contributed by atoms with E-state index in [0.29, 0.717) is 5.57 Å². The summed E-state index contributed by atoms with van der Waals surface area (Å²) < 4.78 is 0. The van der Waals surface area contributed by atoms with Gasteiger partial charge in [-0.3, -0.25) is 0 Å². The highest BCUT2D eigenvalue weighted by molar-refractivity contribution is 5.86. The van der Waals surface area contributed by atoms with E-state index in [1.165, 1.54) is 0 Å². The molecule has 0 bridgehead atoms. The molecule has 0 aliphatic rings. The molecule has 0 spiro atoms. The lowest BCUT2D eigenvalue weighted by Gasteiger charge is -2.10. The van der Waals surface area contributed by atoms with Crippen molar-refractivity contribution in [3.05, 3.63) is 84.5 Å². The van der Waals surface area contributed by atoms with Gasteiger partial charge in [0, 0.05) is 11.5 Å². The lowest BCUT2D eigenvalue weighted by molar-refractivity contribution is -0.132. The Kier molecular flexibility index (Phi) is 4.72. The Morgan fingerprint density at radius 1 is 1.05 bits per heavy atom. The molecule has 2 rings (SSSR count). The average Bonchev–Trinajstić information content (AvgIpc) is 2.53. The molecule has 2 nitrogen and oxygen atoms in total. The summed E-state index contributed by atoms with van der Waals surface area (Å²) in [7, 11) is 0. The number of carbonyl (C=O) groups is 1. The SMILES string of the molecule is C=CC(C=C(C)C(=O)O)c1ccc(-c2ccccc2)cc1. The topological polar surface area (TPSA) is 37.3 Å². The van der Waals surface area contributed by atoms with Crippen LogP contribution in [0.2, 0.25) is 0 Å². The van der Waals surface area contributed by atoms with E-state index in [9.17, 15) is 4.79 Å². The molecule has 2 heteroatoms. The van der Waals surface area contributed by atoms with Crippen molar-refractivity contribution in [1.29, 1.82) is 0 Å². The molecule has 0 fully saturated rings. The van der Waals surface area contributed by atoms with Gasteiger partial charge in [0.25, 0.3) is 0 Å². The summed E-state index contributed by atoms with van der Waals surface area (Å²) in [5.74, 6) is -0.992. The number of allylic oxidation sites excluding steroid dienone is 2. The molecule has 0 radical (unpaired) electrons. The van der Waals surface area contributed by atoms with Crippen molar-refractivity contribution in [2.75, 3.05) is 0 Å². The second-order valence-electron chi connectivity index (χ2n) is 4.90. The van der Waals surface area contributed by atoms with Crippen LogP contribution < -0.4 is 0 Å². The van der Waals surface area contributed by atoms with Crippen molar-refractivity contribution in [2.45, 2.75) is 12.8 Å². The van der Waals surface area contributed by atoms with Gasteiger partial charge in [-0.05, 0) is 23.6 Å². The highest BCUT2D eigenvalue weighted by Crippen LogP contribution is 2.24. The average molecular weight is 278 g/mol. The first-order valence-corrected chi connectivity index (χ1v) is 6.81. The number of hydrogen-bond acceptors (Lipinski definition) is 1. The molecule has 106 valence electrons.